The standard InChI is InChI=1S/C32H44ClN3O5/c1-8-16-34(7)28(38)24-25-29(39)36(22(19-37)18-20(4)5)27(32(25)15-14-31(24,10-3)41-32)30(40)35(17-9-2)26-21(6)12-11-13-23(26)33/h8-9,11-13,20,22,24-25,27,37H,1-2,10,14-19H2,3-7H3/t22-,24-,25+,27?,31+,32?/m1/s1. The highest BCUT2D eigenvalue weighted by atomic mass is 35.5. The lowest BCUT2D eigenvalue weighted by Gasteiger charge is -2.40. The Kier molecular flexibility index (Phi) is 9.07. The topological polar surface area (TPSA) is 90.4 Å². The van der Waals surface area contributed by atoms with Crippen molar-refractivity contribution in [3.63, 3.8) is 0 Å². The van der Waals surface area contributed by atoms with E-state index in [0.717, 1.165) is 5.56 Å². The largest absolute Gasteiger partial charge is 0.394 e. The number of amides is 3. The van der Waals surface area contributed by atoms with Crippen LogP contribution < -0.4 is 4.90 Å². The molecule has 1 spiro atoms. The van der Waals surface area contributed by atoms with Crippen LogP contribution in [0.15, 0.2) is 43.5 Å². The van der Waals surface area contributed by atoms with Crippen LogP contribution in [0.4, 0.5) is 5.69 Å². The highest BCUT2D eigenvalue weighted by Gasteiger charge is 2.79. The number of anilines is 1. The third kappa shape index (κ3) is 4.92. The first-order valence-electron chi connectivity index (χ1n) is 14.6. The molecule has 3 aliphatic heterocycles. The number of hydrogen-bond donors (Lipinski definition) is 1. The molecule has 0 radical (unpaired) electrons. The van der Waals surface area contributed by atoms with E-state index in [9.17, 15) is 19.5 Å². The zero-order valence-electron chi connectivity index (χ0n) is 24.9. The summed E-state index contributed by atoms with van der Waals surface area (Å²) in [6.07, 6.45) is 5.33. The highest BCUT2D eigenvalue weighted by molar-refractivity contribution is 6.34. The molecule has 224 valence electrons. The molecule has 3 fully saturated rings. The van der Waals surface area contributed by atoms with Gasteiger partial charge in [0.25, 0.3) is 5.91 Å². The second-order valence-corrected chi connectivity index (χ2v) is 12.6. The van der Waals surface area contributed by atoms with E-state index in [1.807, 2.05) is 39.8 Å². The van der Waals surface area contributed by atoms with Gasteiger partial charge in [-0.15, -0.1) is 13.2 Å². The minimum absolute atomic E-state index is 0.152. The van der Waals surface area contributed by atoms with Crippen LogP contribution in [0, 0.1) is 24.7 Å². The number of ether oxygens (including phenoxy) is 1. The van der Waals surface area contributed by atoms with Gasteiger partial charge in [0.1, 0.15) is 11.6 Å². The summed E-state index contributed by atoms with van der Waals surface area (Å²) in [4.78, 5) is 48.2. The number of benzene rings is 1. The first-order chi connectivity index (χ1) is 19.4. The van der Waals surface area contributed by atoms with Crippen LogP contribution in [-0.4, -0.2) is 82.7 Å². The predicted molar refractivity (Wildman–Crippen MR) is 161 cm³/mol. The molecule has 41 heavy (non-hydrogen) atoms. The third-order valence-corrected chi connectivity index (χ3v) is 9.59. The number of aliphatic hydroxyl groups is 1. The minimum Gasteiger partial charge on any atom is -0.394 e. The molecular weight excluding hydrogens is 542 g/mol. The predicted octanol–water partition coefficient (Wildman–Crippen LogP) is 4.37. The molecule has 3 amide bonds. The second-order valence-electron chi connectivity index (χ2n) is 12.2. The van der Waals surface area contributed by atoms with Crippen LogP contribution in [0.2, 0.25) is 5.02 Å². The molecule has 3 aliphatic rings. The van der Waals surface area contributed by atoms with E-state index >= 15 is 0 Å². The van der Waals surface area contributed by atoms with Gasteiger partial charge in [-0.25, -0.2) is 0 Å². The molecule has 1 aromatic carbocycles. The van der Waals surface area contributed by atoms with E-state index in [1.54, 1.807) is 40.0 Å². The molecule has 2 unspecified atom stereocenters. The van der Waals surface area contributed by atoms with Gasteiger partial charge in [-0.2, -0.15) is 0 Å². The Labute approximate surface area is 248 Å². The van der Waals surface area contributed by atoms with Crippen LogP contribution in [-0.2, 0) is 19.1 Å². The van der Waals surface area contributed by atoms with Crippen LogP contribution >= 0.6 is 11.6 Å². The molecule has 1 aromatic rings. The van der Waals surface area contributed by atoms with E-state index in [4.69, 9.17) is 16.3 Å². The fourth-order valence-corrected chi connectivity index (χ4v) is 7.90. The summed E-state index contributed by atoms with van der Waals surface area (Å²) in [5.41, 5.74) is -0.710. The van der Waals surface area contributed by atoms with Crippen molar-refractivity contribution in [3.05, 3.63) is 54.1 Å². The Morgan fingerprint density at radius 1 is 1.22 bits per heavy atom. The maximum Gasteiger partial charge on any atom is 0.253 e. The number of carbonyl (C=O) groups excluding carboxylic acids is 3. The van der Waals surface area contributed by atoms with Gasteiger partial charge in [0.15, 0.2) is 0 Å². The number of carbonyl (C=O) groups is 3. The zero-order chi connectivity index (χ0) is 30.3. The highest BCUT2D eigenvalue weighted by Crippen LogP contribution is 2.65. The van der Waals surface area contributed by atoms with Gasteiger partial charge in [0.05, 0.1) is 40.8 Å². The number of nitrogens with zero attached hydrogens (tertiary/aromatic N) is 3. The second kappa shape index (κ2) is 11.9. The summed E-state index contributed by atoms with van der Waals surface area (Å²) in [6.45, 7) is 15.7. The number of halogens is 1. The Morgan fingerprint density at radius 3 is 2.46 bits per heavy atom. The van der Waals surface area contributed by atoms with Crippen molar-refractivity contribution in [3.8, 4) is 0 Å². The minimum atomic E-state index is -1.21. The Balaban J connectivity index is 1.91. The van der Waals surface area contributed by atoms with Crippen molar-refractivity contribution >= 4 is 35.0 Å². The molecule has 2 bridgehead atoms. The number of likely N-dealkylation sites (tertiary alicyclic amines) is 1. The maximum atomic E-state index is 14.9. The first kappa shape index (κ1) is 31.3. The van der Waals surface area contributed by atoms with Gasteiger partial charge in [-0.1, -0.05) is 56.7 Å². The number of para-hydroxylation sites is 1. The lowest BCUT2D eigenvalue weighted by molar-refractivity contribution is -0.153. The van der Waals surface area contributed by atoms with Gasteiger partial charge in [-0.3, -0.25) is 14.4 Å². The molecule has 9 heteroatoms. The van der Waals surface area contributed by atoms with Gasteiger partial charge in [0.2, 0.25) is 11.8 Å². The molecular formula is C32H44ClN3O5. The molecule has 8 nitrogen and oxygen atoms in total. The van der Waals surface area contributed by atoms with E-state index in [1.165, 1.54) is 0 Å². The summed E-state index contributed by atoms with van der Waals surface area (Å²) >= 11 is 6.66. The first-order valence-corrected chi connectivity index (χ1v) is 15.0. The normalized spacial score (nSPS) is 29.0. The number of aryl methyl sites for hydroxylation is 1. The number of rotatable bonds is 12. The average molecular weight is 586 g/mol. The van der Waals surface area contributed by atoms with E-state index in [2.05, 4.69) is 13.2 Å². The molecule has 0 aliphatic carbocycles. The molecule has 4 rings (SSSR count). The molecule has 3 heterocycles. The summed E-state index contributed by atoms with van der Waals surface area (Å²) in [5.74, 6) is -2.28. The summed E-state index contributed by atoms with van der Waals surface area (Å²) in [6, 6.07) is 3.78. The maximum absolute atomic E-state index is 14.9. The SMILES string of the molecule is C=CCN(C)C(=O)[C@H]1[C@H]2C(=O)N([C@@H](CO)CC(C)C)C(C(=O)N(CC=C)c3c(C)cccc3Cl)C23CC[C@]1(CC)O3. The Hall–Kier alpha value is -2.68. The number of hydrogen-bond acceptors (Lipinski definition) is 5. The molecule has 3 saturated heterocycles. The van der Waals surface area contributed by atoms with Crippen molar-refractivity contribution in [1.29, 1.82) is 0 Å². The molecule has 0 saturated carbocycles. The van der Waals surface area contributed by atoms with Crippen molar-refractivity contribution in [2.24, 2.45) is 17.8 Å². The van der Waals surface area contributed by atoms with E-state index < -0.39 is 35.1 Å². The van der Waals surface area contributed by atoms with Crippen molar-refractivity contribution in [1.82, 2.24) is 9.80 Å². The van der Waals surface area contributed by atoms with Crippen LogP contribution in [0.5, 0.6) is 0 Å². The van der Waals surface area contributed by atoms with E-state index in [-0.39, 0.29) is 36.8 Å². The van der Waals surface area contributed by atoms with Gasteiger partial charge in [0, 0.05) is 20.1 Å². The third-order valence-electron chi connectivity index (χ3n) is 9.28. The lowest BCUT2D eigenvalue weighted by Crippen LogP contribution is -2.59. The quantitative estimate of drug-likeness (QED) is 0.368. The average Bonchev–Trinajstić information content (AvgIpc) is 3.54. The van der Waals surface area contributed by atoms with Gasteiger partial charge in [-0.05, 0) is 50.2 Å². The van der Waals surface area contributed by atoms with Crippen molar-refractivity contribution in [2.75, 3.05) is 31.6 Å². The van der Waals surface area contributed by atoms with Crippen LogP contribution in [0.3, 0.4) is 0 Å². The van der Waals surface area contributed by atoms with Gasteiger partial charge < -0.3 is 24.5 Å². The lowest BCUT2D eigenvalue weighted by atomic mass is 9.64. The number of likely N-dealkylation sites (N-methyl/N-ethyl adjacent to an activating group) is 1. The van der Waals surface area contributed by atoms with Crippen LogP contribution in [0.1, 0.15) is 52.0 Å². The Morgan fingerprint density at radius 2 is 1.90 bits per heavy atom. The molecule has 6 atom stereocenters. The van der Waals surface area contributed by atoms with Crippen molar-refractivity contribution in [2.45, 2.75) is 76.7 Å². The smallest absolute Gasteiger partial charge is 0.253 e. The number of aliphatic hydroxyl groups excluding tert-OH is 1. The summed E-state index contributed by atoms with van der Waals surface area (Å²) in [7, 11) is 1.70. The summed E-state index contributed by atoms with van der Waals surface area (Å²) in [5, 5.41) is 11.0. The number of fused-ring (bicyclic) bond motifs is 1. The zero-order valence-corrected chi connectivity index (χ0v) is 25.7. The van der Waals surface area contributed by atoms with Crippen LogP contribution in [0.25, 0.3) is 0 Å². The fourth-order valence-electron chi connectivity index (χ4n) is 7.58. The van der Waals surface area contributed by atoms with Crippen molar-refractivity contribution < 1.29 is 24.2 Å². The molecule has 0 aromatic heterocycles. The van der Waals surface area contributed by atoms with Gasteiger partial charge >= 0.3 is 0 Å². The summed E-state index contributed by atoms with van der Waals surface area (Å²) < 4.78 is 6.92. The fraction of sp³-hybridized carbons (Fsp3) is 0.594. The molecule has 1 N–H and O–H groups in total. The van der Waals surface area contributed by atoms with E-state index in [0.29, 0.717) is 42.9 Å². The Bertz CT molecular complexity index is 1200. The monoisotopic (exact) mass is 585 g/mol.